The summed E-state index contributed by atoms with van der Waals surface area (Å²) in [6.45, 7) is 11.4. The third kappa shape index (κ3) is 5.96. The lowest BCUT2D eigenvalue weighted by Gasteiger charge is -2.37. The summed E-state index contributed by atoms with van der Waals surface area (Å²) in [6.07, 6.45) is 4.56. The van der Waals surface area contributed by atoms with Gasteiger partial charge in [0.25, 0.3) is 11.4 Å². The number of benzene rings is 1. The Labute approximate surface area is 176 Å². The molecule has 0 aromatic heterocycles. The maximum absolute atomic E-state index is 12.5. The van der Waals surface area contributed by atoms with Crippen molar-refractivity contribution in [1.82, 2.24) is 0 Å². The first-order chi connectivity index (χ1) is 13.8. The van der Waals surface area contributed by atoms with Gasteiger partial charge in [0.05, 0.1) is 21.5 Å². The van der Waals surface area contributed by atoms with Crippen LogP contribution in [0.25, 0.3) is 0 Å². The summed E-state index contributed by atoms with van der Waals surface area (Å²) in [5.74, 6) is -0.649. The van der Waals surface area contributed by atoms with Gasteiger partial charge in [0.1, 0.15) is 6.10 Å². The van der Waals surface area contributed by atoms with E-state index in [1.165, 1.54) is 0 Å². The van der Waals surface area contributed by atoms with Crippen molar-refractivity contribution in [3.05, 3.63) is 56.1 Å². The van der Waals surface area contributed by atoms with Gasteiger partial charge in [-0.2, -0.15) is 0 Å². The van der Waals surface area contributed by atoms with E-state index in [-0.39, 0.29) is 16.5 Å². The molecule has 9 nitrogen and oxygen atoms in total. The van der Waals surface area contributed by atoms with Gasteiger partial charge in [-0.15, -0.1) is 0 Å². The van der Waals surface area contributed by atoms with Gasteiger partial charge < -0.3 is 9.16 Å². The molecule has 0 aliphatic heterocycles. The average molecular weight is 437 g/mol. The van der Waals surface area contributed by atoms with E-state index in [1.807, 2.05) is 6.08 Å². The van der Waals surface area contributed by atoms with Gasteiger partial charge in [-0.1, -0.05) is 26.8 Å². The van der Waals surface area contributed by atoms with Crippen LogP contribution in [0.2, 0.25) is 18.1 Å². The molecule has 30 heavy (non-hydrogen) atoms. The summed E-state index contributed by atoms with van der Waals surface area (Å²) in [7, 11) is -1.89. The Kier molecular flexibility index (Phi) is 7.14. The first-order valence-corrected chi connectivity index (χ1v) is 12.7. The van der Waals surface area contributed by atoms with Gasteiger partial charge >= 0.3 is 5.97 Å². The molecule has 10 heteroatoms. The van der Waals surface area contributed by atoms with Crippen molar-refractivity contribution in [2.75, 3.05) is 6.61 Å². The van der Waals surface area contributed by atoms with E-state index in [1.54, 1.807) is 6.08 Å². The summed E-state index contributed by atoms with van der Waals surface area (Å²) in [5.41, 5.74) is -1.28. The van der Waals surface area contributed by atoms with Crippen molar-refractivity contribution in [3.63, 3.8) is 0 Å². The second-order valence-corrected chi connectivity index (χ2v) is 13.8. The van der Waals surface area contributed by atoms with Gasteiger partial charge in [0, 0.05) is 18.7 Å². The van der Waals surface area contributed by atoms with Crippen molar-refractivity contribution in [3.8, 4) is 0 Å². The number of hydrogen-bond donors (Lipinski definition) is 0. The lowest BCUT2D eigenvalue weighted by Crippen LogP contribution is -2.42. The molecular formula is C20H28N2O7Si. The monoisotopic (exact) mass is 436 g/mol. The molecule has 0 saturated carbocycles. The highest BCUT2D eigenvalue weighted by Crippen LogP contribution is 2.37. The van der Waals surface area contributed by atoms with Crippen molar-refractivity contribution in [2.24, 2.45) is 5.92 Å². The van der Waals surface area contributed by atoms with Gasteiger partial charge in [0.15, 0.2) is 8.32 Å². The zero-order valence-corrected chi connectivity index (χ0v) is 18.9. The fraction of sp³-hybridized carbons (Fsp3) is 0.550. The van der Waals surface area contributed by atoms with E-state index in [9.17, 15) is 25.0 Å². The Morgan fingerprint density at radius 1 is 1.13 bits per heavy atom. The topological polar surface area (TPSA) is 122 Å². The average Bonchev–Trinajstić information content (AvgIpc) is 2.65. The predicted octanol–water partition coefficient (Wildman–Crippen LogP) is 5.02. The molecule has 0 saturated heterocycles. The largest absolute Gasteiger partial charge is 0.455 e. The minimum atomic E-state index is -1.89. The van der Waals surface area contributed by atoms with Crippen LogP contribution in [0.1, 0.15) is 44.0 Å². The molecule has 0 spiro atoms. The molecule has 2 rings (SSSR count). The van der Waals surface area contributed by atoms with Crippen molar-refractivity contribution >= 4 is 25.7 Å². The summed E-state index contributed by atoms with van der Waals surface area (Å²) in [6, 6.07) is 2.78. The second kappa shape index (κ2) is 9.05. The Balaban J connectivity index is 2.06. The molecule has 0 bridgehead atoms. The number of esters is 1. The third-order valence-electron chi connectivity index (χ3n) is 5.69. The minimum absolute atomic E-state index is 0.0973. The number of nitrogens with zero attached hydrogens (tertiary/aromatic N) is 2. The smallest absolute Gasteiger partial charge is 0.339 e. The standard InChI is InChI=1S/C20H28N2O7Si/c1-20(2,3)30(4,5)28-13-14-7-6-8-18(9-14)29-19(23)15-10-16(21(24)25)12-17(11-15)22(26)27/h6,8,10-12,14,18H,7,9,13H2,1-5H3/t14-,18+/m1/s1. The quantitative estimate of drug-likeness (QED) is 0.193. The first kappa shape index (κ1) is 23.7. The Hall–Kier alpha value is -2.59. The molecule has 0 amide bonds. The van der Waals surface area contributed by atoms with Crippen LogP contribution in [0.3, 0.4) is 0 Å². The maximum atomic E-state index is 12.5. The highest BCUT2D eigenvalue weighted by molar-refractivity contribution is 6.74. The van der Waals surface area contributed by atoms with Gasteiger partial charge in [-0.3, -0.25) is 20.2 Å². The summed E-state index contributed by atoms with van der Waals surface area (Å²) >= 11 is 0. The molecule has 1 aliphatic rings. The molecule has 0 fully saturated rings. The van der Waals surface area contributed by atoms with E-state index in [0.29, 0.717) is 13.0 Å². The lowest BCUT2D eigenvalue weighted by molar-refractivity contribution is -0.394. The van der Waals surface area contributed by atoms with Crippen molar-refractivity contribution < 1.29 is 23.8 Å². The van der Waals surface area contributed by atoms with E-state index in [0.717, 1.165) is 24.6 Å². The minimum Gasteiger partial charge on any atom is -0.455 e. The van der Waals surface area contributed by atoms with E-state index in [4.69, 9.17) is 9.16 Å². The zero-order valence-electron chi connectivity index (χ0n) is 17.9. The van der Waals surface area contributed by atoms with Crippen molar-refractivity contribution in [1.29, 1.82) is 0 Å². The highest BCUT2D eigenvalue weighted by atomic mass is 28.4. The molecule has 0 heterocycles. The molecule has 0 unspecified atom stereocenters. The normalized spacial score (nSPS) is 19.4. The number of non-ortho nitro benzene ring substituents is 2. The van der Waals surface area contributed by atoms with Crippen LogP contribution >= 0.6 is 0 Å². The Morgan fingerprint density at radius 3 is 2.20 bits per heavy atom. The van der Waals surface area contributed by atoms with Gasteiger partial charge in [-0.25, -0.2) is 4.79 Å². The number of carbonyl (C=O) groups excluding carboxylic acids is 1. The van der Waals surface area contributed by atoms with E-state index >= 15 is 0 Å². The fourth-order valence-electron chi connectivity index (χ4n) is 2.82. The fourth-order valence-corrected chi connectivity index (χ4v) is 3.91. The molecular weight excluding hydrogens is 408 g/mol. The summed E-state index contributed by atoms with van der Waals surface area (Å²) < 4.78 is 11.7. The van der Waals surface area contributed by atoms with E-state index in [2.05, 4.69) is 33.9 Å². The second-order valence-electron chi connectivity index (χ2n) is 9.03. The SMILES string of the molecule is CC(C)(C)[Si](C)(C)OC[C@@H]1CC=C[C@H](OC(=O)c2cc([N+](=O)[O-])cc([N+](=O)[O-])c2)C1. The number of ether oxygens (including phenoxy) is 1. The molecule has 0 N–H and O–H groups in total. The molecule has 1 aliphatic carbocycles. The molecule has 1 aromatic carbocycles. The Morgan fingerprint density at radius 2 is 1.70 bits per heavy atom. The number of carbonyl (C=O) groups is 1. The van der Waals surface area contributed by atoms with Gasteiger partial charge in [-0.05, 0) is 43.0 Å². The number of hydrogen-bond acceptors (Lipinski definition) is 7. The third-order valence-corrected chi connectivity index (χ3v) is 10.2. The molecule has 1 aromatic rings. The Bertz CT molecular complexity index is 829. The molecule has 164 valence electrons. The van der Waals surface area contributed by atoms with Crippen LogP contribution in [0.5, 0.6) is 0 Å². The van der Waals surface area contributed by atoms with Crippen LogP contribution in [0.4, 0.5) is 11.4 Å². The van der Waals surface area contributed by atoms with Crippen LogP contribution in [0, 0.1) is 26.1 Å². The zero-order chi connectivity index (χ0) is 22.7. The summed E-state index contributed by atoms with van der Waals surface area (Å²) in [5, 5.41) is 22.1. The predicted molar refractivity (Wildman–Crippen MR) is 114 cm³/mol. The number of nitro benzene ring substituents is 2. The summed E-state index contributed by atoms with van der Waals surface area (Å²) in [4.78, 5) is 33.0. The van der Waals surface area contributed by atoms with E-state index < -0.39 is 41.6 Å². The first-order valence-electron chi connectivity index (χ1n) is 9.75. The number of nitro groups is 2. The van der Waals surface area contributed by atoms with Crippen LogP contribution in [-0.4, -0.2) is 36.8 Å². The van der Waals surface area contributed by atoms with Gasteiger partial charge in [0.2, 0.25) is 0 Å². The highest BCUT2D eigenvalue weighted by Gasteiger charge is 2.38. The van der Waals surface area contributed by atoms with Crippen molar-refractivity contribution in [2.45, 2.75) is 57.8 Å². The number of rotatable bonds is 7. The van der Waals surface area contributed by atoms with Crippen LogP contribution < -0.4 is 0 Å². The molecule has 0 radical (unpaired) electrons. The number of allylic oxidation sites excluding steroid dienone is 1. The maximum Gasteiger partial charge on any atom is 0.339 e. The lowest BCUT2D eigenvalue weighted by atomic mass is 9.93. The molecule has 2 atom stereocenters. The van der Waals surface area contributed by atoms with Crippen LogP contribution in [0.15, 0.2) is 30.4 Å². The van der Waals surface area contributed by atoms with Crippen LogP contribution in [-0.2, 0) is 9.16 Å².